The lowest BCUT2D eigenvalue weighted by atomic mass is 10.00. The molecule has 2 aromatic carbocycles. The van der Waals surface area contributed by atoms with Gasteiger partial charge in [0.1, 0.15) is 17.6 Å². The van der Waals surface area contributed by atoms with E-state index in [0.29, 0.717) is 31.1 Å². The number of H-pyrrole nitrogens is 1. The molecule has 1 unspecified atom stereocenters. The minimum absolute atomic E-state index is 0.179. The minimum Gasteiger partial charge on any atom is -0.494 e. The van der Waals surface area contributed by atoms with Crippen LogP contribution in [0.25, 0.3) is 10.9 Å². The van der Waals surface area contributed by atoms with Crippen molar-refractivity contribution in [2.75, 3.05) is 6.61 Å². The zero-order chi connectivity index (χ0) is 28.3. The third kappa shape index (κ3) is 5.84. The van der Waals surface area contributed by atoms with Gasteiger partial charge in [-0.15, -0.1) is 5.10 Å². The van der Waals surface area contributed by atoms with Crippen LogP contribution in [0.15, 0.2) is 76.1 Å². The molecule has 9 heteroatoms. The van der Waals surface area contributed by atoms with Crippen LogP contribution in [0.1, 0.15) is 68.9 Å². The molecule has 1 atom stereocenters. The molecule has 0 aliphatic heterocycles. The maximum absolute atomic E-state index is 13.8. The van der Waals surface area contributed by atoms with Crippen molar-refractivity contribution in [2.24, 2.45) is 0 Å². The van der Waals surface area contributed by atoms with Crippen molar-refractivity contribution in [1.82, 2.24) is 30.1 Å². The summed E-state index contributed by atoms with van der Waals surface area (Å²) in [6.07, 6.45) is 2.56. The average Bonchev–Trinajstić information content (AvgIpc) is 3.63. The Morgan fingerprint density at radius 2 is 1.80 bits per heavy atom. The van der Waals surface area contributed by atoms with Crippen LogP contribution in [0, 0.1) is 0 Å². The van der Waals surface area contributed by atoms with Crippen LogP contribution in [0.4, 0.5) is 0 Å². The van der Waals surface area contributed by atoms with E-state index in [0.717, 1.165) is 34.4 Å². The Morgan fingerprint density at radius 3 is 2.48 bits per heavy atom. The zero-order valence-corrected chi connectivity index (χ0v) is 23.7. The third-order valence-electron chi connectivity index (χ3n) is 6.94. The van der Waals surface area contributed by atoms with Crippen LogP contribution in [0.2, 0.25) is 0 Å². The molecule has 0 aliphatic rings. The van der Waals surface area contributed by atoms with Crippen LogP contribution in [0.3, 0.4) is 0 Å². The Kier molecular flexibility index (Phi) is 7.84. The molecular weight excluding hydrogens is 504 g/mol. The summed E-state index contributed by atoms with van der Waals surface area (Å²) >= 11 is 0. The van der Waals surface area contributed by atoms with E-state index in [1.54, 1.807) is 10.9 Å². The maximum atomic E-state index is 13.8. The highest BCUT2D eigenvalue weighted by Gasteiger charge is 2.34. The van der Waals surface area contributed by atoms with Gasteiger partial charge in [0.05, 0.1) is 25.0 Å². The molecule has 3 aromatic heterocycles. The molecule has 0 radical (unpaired) electrons. The van der Waals surface area contributed by atoms with E-state index >= 15 is 0 Å². The van der Waals surface area contributed by atoms with Crippen molar-refractivity contribution in [3.63, 3.8) is 0 Å². The highest BCUT2D eigenvalue weighted by Crippen LogP contribution is 2.32. The Morgan fingerprint density at radius 1 is 1.02 bits per heavy atom. The number of rotatable bonds is 10. The van der Waals surface area contributed by atoms with Gasteiger partial charge in [-0.3, -0.25) is 9.69 Å². The molecule has 208 valence electrons. The van der Waals surface area contributed by atoms with E-state index < -0.39 is 11.6 Å². The van der Waals surface area contributed by atoms with Crippen LogP contribution >= 0.6 is 0 Å². The Bertz CT molecular complexity index is 1610. The number of pyridine rings is 1. The van der Waals surface area contributed by atoms with Crippen LogP contribution in [0.5, 0.6) is 5.75 Å². The highest BCUT2D eigenvalue weighted by molar-refractivity contribution is 5.80. The lowest BCUT2D eigenvalue weighted by Crippen LogP contribution is -2.37. The first-order valence-corrected chi connectivity index (χ1v) is 13.7. The highest BCUT2D eigenvalue weighted by atomic mass is 16.5. The summed E-state index contributed by atoms with van der Waals surface area (Å²) in [7, 11) is 0. The zero-order valence-electron chi connectivity index (χ0n) is 23.7. The lowest BCUT2D eigenvalue weighted by molar-refractivity contribution is 0.171. The molecule has 0 bridgehead atoms. The number of furan rings is 1. The van der Waals surface area contributed by atoms with Gasteiger partial charge >= 0.3 is 0 Å². The van der Waals surface area contributed by atoms with Gasteiger partial charge in [0.2, 0.25) is 0 Å². The van der Waals surface area contributed by atoms with E-state index in [1.165, 1.54) is 5.56 Å². The molecule has 40 heavy (non-hydrogen) atoms. The second kappa shape index (κ2) is 11.5. The van der Waals surface area contributed by atoms with Crippen molar-refractivity contribution < 1.29 is 9.15 Å². The van der Waals surface area contributed by atoms with Gasteiger partial charge in [0.25, 0.3) is 5.56 Å². The van der Waals surface area contributed by atoms with Crippen molar-refractivity contribution in [3.05, 3.63) is 106 Å². The first kappa shape index (κ1) is 27.3. The van der Waals surface area contributed by atoms with Gasteiger partial charge < -0.3 is 14.1 Å². The molecule has 5 aromatic rings. The Balaban J connectivity index is 1.69. The van der Waals surface area contributed by atoms with Gasteiger partial charge in [-0.25, -0.2) is 4.68 Å². The molecule has 0 saturated heterocycles. The molecule has 0 spiro atoms. The van der Waals surface area contributed by atoms with Crippen LogP contribution < -0.4 is 10.3 Å². The van der Waals surface area contributed by atoms with E-state index in [4.69, 9.17) is 9.15 Å². The molecule has 0 saturated carbocycles. The number of aryl methyl sites for hydroxylation is 1. The number of ether oxygens (including phenoxy) is 1. The van der Waals surface area contributed by atoms with Crippen molar-refractivity contribution in [2.45, 2.75) is 65.7 Å². The number of aromatic nitrogens is 5. The fraction of sp³-hybridized carbons (Fsp3) is 0.355. The summed E-state index contributed by atoms with van der Waals surface area (Å²) in [5, 5.41) is 13.9. The summed E-state index contributed by atoms with van der Waals surface area (Å²) in [5.74, 6) is 2.17. The Hall–Kier alpha value is -4.24. The minimum atomic E-state index is -0.565. The summed E-state index contributed by atoms with van der Waals surface area (Å²) in [5.41, 5.74) is 3.03. The van der Waals surface area contributed by atoms with Gasteiger partial charge in [-0.2, -0.15) is 0 Å². The van der Waals surface area contributed by atoms with E-state index in [9.17, 15) is 4.79 Å². The van der Waals surface area contributed by atoms with E-state index in [-0.39, 0.29) is 5.56 Å². The number of tetrazole rings is 1. The first-order valence-electron chi connectivity index (χ1n) is 13.7. The van der Waals surface area contributed by atoms with Crippen molar-refractivity contribution in [3.8, 4) is 5.75 Å². The molecule has 9 nitrogen and oxygen atoms in total. The number of aromatic amines is 1. The number of nitrogens with zero attached hydrogens (tertiary/aromatic N) is 5. The summed E-state index contributed by atoms with van der Waals surface area (Å²) in [6, 6.07) is 19.4. The molecule has 5 rings (SSSR count). The lowest BCUT2D eigenvalue weighted by Gasteiger charge is -2.32. The van der Waals surface area contributed by atoms with Crippen LogP contribution in [-0.4, -0.2) is 36.7 Å². The predicted molar refractivity (Wildman–Crippen MR) is 154 cm³/mol. The summed E-state index contributed by atoms with van der Waals surface area (Å²) < 4.78 is 13.2. The molecule has 3 heterocycles. The maximum Gasteiger partial charge on any atom is 0.253 e. The fourth-order valence-corrected chi connectivity index (χ4v) is 4.97. The monoisotopic (exact) mass is 540 g/mol. The molecule has 0 amide bonds. The van der Waals surface area contributed by atoms with Crippen molar-refractivity contribution >= 4 is 10.9 Å². The van der Waals surface area contributed by atoms with Gasteiger partial charge in [-0.05, 0) is 104 Å². The second-order valence-electron chi connectivity index (χ2n) is 10.9. The van der Waals surface area contributed by atoms with Gasteiger partial charge in [0.15, 0.2) is 5.82 Å². The van der Waals surface area contributed by atoms with Crippen LogP contribution in [-0.2, 0) is 25.0 Å². The summed E-state index contributed by atoms with van der Waals surface area (Å²) in [6.45, 7) is 11.8. The molecule has 0 aliphatic carbocycles. The number of hydrogen-bond donors (Lipinski definition) is 1. The predicted octanol–water partition coefficient (Wildman–Crippen LogP) is 5.62. The largest absolute Gasteiger partial charge is 0.494 e. The number of nitrogens with one attached hydrogen (secondary N) is 1. The number of benzene rings is 2. The van der Waals surface area contributed by atoms with E-state index in [2.05, 4.69) is 38.4 Å². The summed E-state index contributed by atoms with van der Waals surface area (Å²) in [4.78, 5) is 19.1. The molecular formula is C31H36N6O3. The number of fused-ring (bicyclic) bond motifs is 1. The standard InChI is InChI=1S/C31H36N6O3/c1-6-21-12-15-27-23(17-21)18-26(30(38)32-27)28(29-33-34-35-37(29)31(3,4)5)36(20-25-9-8-16-40-25)19-22-10-13-24(14-11-22)39-7-2/h8-18,28H,6-7,19-20H2,1-5H3,(H,32,38). The van der Waals surface area contributed by atoms with Gasteiger partial charge in [0, 0.05) is 17.6 Å². The SMILES string of the molecule is CCOc1ccc(CN(Cc2ccco2)C(c2cc3cc(CC)ccc3[nH]c2=O)c2nnnn2C(C)(C)C)cc1. The Labute approximate surface area is 233 Å². The second-order valence-corrected chi connectivity index (χ2v) is 10.9. The molecule has 1 N–H and O–H groups in total. The third-order valence-corrected chi connectivity index (χ3v) is 6.94. The number of hydrogen-bond acceptors (Lipinski definition) is 7. The quantitative estimate of drug-likeness (QED) is 0.245. The smallest absolute Gasteiger partial charge is 0.253 e. The van der Waals surface area contributed by atoms with E-state index in [1.807, 2.05) is 82.3 Å². The fourth-order valence-electron chi connectivity index (χ4n) is 4.97. The van der Waals surface area contributed by atoms with Crippen molar-refractivity contribution in [1.29, 1.82) is 0 Å². The average molecular weight is 541 g/mol. The topological polar surface area (TPSA) is 102 Å². The van der Waals surface area contributed by atoms with Gasteiger partial charge in [-0.1, -0.05) is 25.1 Å². The normalized spacial score (nSPS) is 12.8. The first-order chi connectivity index (χ1) is 19.3. The molecule has 0 fully saturated rings.